The maximum atomic E-state index is 6.16. The Labute approximate surface area is 127 Å². The molecule has 0 aromatic rings. The van der Waals surface area contributed by atoms with E-state index in [1.165, 1.54) is 0 Å². The third kappa shape index (κ3) is 4.13. The highest BCUT2D eigenvalue weighted by atomic mass is 16.6. The quantitative estimate of drug-likeness (QED) is 0.525. The summed E-state index contributed by atoms with van der Waals surface area (Å²) in [6.45, 7) is 0.842. The lowest BCUT2D eigenvalue weighted by Crippen LogP contribution is -2.65. The average molecular weight is 302 g/mol. The fourth-order valence-electron chi connectivity index (χ4n) is 3.68. The maximum Gasteiger partial charge on any atom is 0.110 e. The summed E-state index contributed by atoms with van der Waals surface area (Å²) in [4.78, 5) is 0. The van der Waals surface area contributed by atoms with Crippen LogP contribution in [0.1, 0.15) is 19.3 Å². The van der Waals surface area contributed by atoms with Crippen molar-refractivity contribution < 1.29 is 14.2 Å². The lowest BCUT2D eigenvalue weighted by molar-refractivity contribution is -0.142. The Morgan fingerprint density at radius 3 is 2.10 bits per heavy atom. The number of ether oxygens (including phenoxy) is 3. The summed E-state index contributed by atoms with van der Waals surface area (Å²) in [6.07, 6.45) is 2.85. The number of hydrogen-bond acceptors (Lipinski definition) is 7. The van der Waals surface area contributed by atoms with Gasteiger partial charge in [-0.25, -0.2) is 0 Å². The molecule has 1 aliphatic heterocycles. The van der Waals surface area contributed by atoms with E-state index in [2.05, 4.69) is 10.6 Å². The van der Waals surface area contributed by atoms with Gasteiger partial charge in [0, 0.05) is 33.8 Å². The van der Waals surface area contributed by atoms with E-state index in [0.29, 0.717) is 11.8 Å². The molecule has 1 heterocycles. The molecule has 0 spiro atoms. The van der Waals surface area contributed by atoms with Crippen LogP contribution in [0.25, 0.3) is 0 Å². The first kappa shape index (κ1) is 17.1. The second kappa shape index (κ2) is 7.82. The van der Waals surface area contributed by atoms with Crippen molar-refractivity contribution in [2.45, 2.75) is 50.0 Å². The van der Waals surface area contributed by atoms with Gasteiger partial charge in [-0.1, -0.05) is 0 Å². The minimum Gasteiger partial charge on any atom is -0.379 e. The van der Waals surface area contributed by atoms with Crippen LogP contribution in [0.5, 0.6) is 0 Å². The van der Waals surface area contributed by atoms with Crippen molar-refractivity contribution in [1.82, 2.24) is 10.6 Å². The summed E-state index contributed by atoms with van der Waals surface area (Å²) in [5.41, 5.74) is 11.9. The summed E-state index contributed by atoms with van der Waals surface area (Å²) in [7, 11) is 5.19. The van der Waals surface area contributed by atoms with Gasteiger partial charge >= 0.3 is 0 Å². The Morgan fingerprint density at radius 1 is 1.00 bits per heavy atom. The highest BCUT2D eigenvalue weighted by Crippen LogP contribution is 2.34. The molecule has 2 fully saturated rings. The first-order valence-electron chi connectivity index (χ1n) is 7.68. The first-order valence-corrected chi connectivity index (χ1v) is 7.68. The fraction of sp³-hybridized carbons (Fsp3) is 1.00. The number of nitrogens with one attached hydrogen (secondary N) is 2. The molecule has 1 aliphatic carbocycles. The summed E-state index contributed by atoms with van der Waals surface area (Å²) < 4.78 is 16.8. The molecule has 21 heavy (non-hydrogen) atoms. The Morgan fingerprint density at radius 2 is 1.62 bits per heavy atom. The maximum absolute atomic E-state index is 6.16. The molecule has 124 valence electrons. The van der Waals surface area contributed by atoms with E-state index in [-0.39, 0.29) is 30.8 Å². The van der Waals surface area contributed by atoms with Crippen LogP contribution in [0.15, 0.2) is 0 Å². The van der Waals surface area contributed by atoms with E-state index in [0.717, 1.165) is 25.8 Å². The van der Waals surface area contributed by atoms with Gasteiger partial charge in [0.2, 0.25) is 0 Å². The zero-order chi connectivity index (χ0) is 15.4. The van der Waals surface area contributed by atoms with Crippen molar-refractivity contribution in [2.24, 2.45) is 23.3 Å². The predicted molar refractivity (Wildman–Crippen MR) is 80.3 cm³/mol. The first-order chi connectivity index (χ1) is 10.1. The fourth-order valence-corrected chi connectivity index (χ4v) is 3.68. The standard InChI is InChI=1S/C14H30N4O3/c1-19-10-5-8(6-11(20-2)12(10)21-3)4-9-7-17-14(16)18-13(9)15/h8-14,17-18H,4-7,15-16H2,1-3H3. The number of methoxy groups -OCH3 is 3. The molecule has 1 saturated heterocycles. The molecule has 7 heteroatoms. The van der Waals surface area contributed by atoms with E-state index >= 15 is 0 Å². The largest absolute Gasteiger partial charge is 0.379 e. The Balaban J connectivity index is 1.94. The summed E-state index contributed by atoms with van der Waals surface area (Å²) in [5, 5.41) is 6.37. The van der Waals surface area contributed by atoms with E-state index in [1.807, 2.05) is 0 Å². The van der Waals surface area contributed by atoms with Crippen LogP contribution in [-0.2, 0) is 14.2 Å². The van der Waals surface area contributed by atoms with E-state index in [1.54, 1.807) is 21.3 Å². The number of nitrogens with two attached hydrogens (primary N) is 2. The highest BCUT2D eigenvalue weighted by Gasteiger charge is 2.40. The van der Waals surface area contributed by atoms with Crippen LogP contribution in [0.3, 0.4) is 0 Å². The molecule has 2 rings (SSSR count). The van der Waals surface area contributed by atoms with Crippen molar-refractivity contribution in [3.8, 4) is 0 Å². The highest BCUT2D eigenvalue weighted by molar-refractivity contribution is 4.91. The van der Waals surface area contributed by atoms with Crippen LogP contribution in [0.4, 0.5) is 0 Å². The minimum absolute atomic E-state index is 0.000881. The topological polar surface area (TPSA) is 104 Å². The third-order valence-corrected chi connectivity index (χ3v) is 4.86. The van der Waals surface area contributed by atoms with E-state index < -0.39 is 0 Å². The van der Waals surface area contributed by atoms with Gasteiger partial charge in [0.15, 0.2) is 0 Å². The summed E-state index contributed by atoms with van der Waals surface area (Å²) >= 11 is 0. The van der Waals surface area contributed by atoms with Gasteiger partial charge in [0.1, 0.15) is 12.4 Å². The second-order valence-electron chi connectivity index (χ2n) is 6.16. The summed E-state index contributed by atoms with van der Waals surface area (Å²) in [6, 6.07) is 0. The van der Waals surface area contributed by atoms with Gasteiger partial charge < -0.3 is 25.7 Å². The van der Waals surface area contributed by atoms with Crippen LogP contribution in [0, 0.1) is 11.8 Å². The Hall–Kier alpha value is -0.280. The average Bonchev–Trinajstić information content (AvgIpc) is 2.49. The van der Waals surface area contributed by atoms with Gasteiger partial charge in [-0.3, -0.25) is 10.6 Å². The molecule has 6 N–H and O–H groups in total. The van der Waals surface area contributed by atoms with Crippen LogP contribution in [0.2, 0.25) is 0 Å². The van der Waals surface area contributed by atoms with Crippen LogP contribution >= 0.6 is 0 Å². The molecular weight excluding hydrogens is 272 g/mol. The van der Waals surface area contributed by atoms with Gasteiger partial charge in [0.05, 0.1) is 18.4 Å². The Kier molecular flexibility index (Phi) is 6.36. The molecule has 0 amide bonds. The third-order valence-electron chi connectivity index (χ3n) is 4.86. The van der Waals surface area contributed by atoms with Gasteiger partial charge in [-0.15, -0.1) is 0 Å². The molecule has 0 radical (unpaired) electrons. The second-order valence-corrected chi connectivity index (χ2v) is 6.16. The van der Waals surface area contributed by atoms with E-state index in [9.17, 15) is 0 Å². The smallest absolute Gasteiger partial charge is 0.110 e. The van der Waals surface area contributed by atoms with Crippen molar-refractivity contribution in [2.75, 3.05) is 27.9 Å². The lowest BCUT2D eigenvalue weighted by atomic mass is 9.77. The zero-order valence-electron chi connectivity index (χ0n) is 13.2. The van der Waals surface area contributed by atoms with Crippen LogP contribution < -0.4 is 22.1 Å². The summed E-state index contributed by atoms with van der Waals surface area (Å²) in [5.74, 6) is 0.879. The zero-order valence-corrected chi connectivity index (χ0v) is 13.2. The molecule has 0 aromatic carbocycles. The number of rotatable bonds is 5. The number of hydrogen-bond donors (Lipinski definition) is 4. The molecule has 2 aliphatic rings. The minimum atomic E-state index is -0.209. The molecular formula is C14H30N4O3. The predicted octanol–water partition coefficient (Wildman–Crippen LogP) is -0.832. The van der Waals surface area contributed by atoms with E-state index in [4.69, 9.17) is 25.7 Å². The molecule has 0 bridgehead atoms. The monoisotopic (exact) mass is 302 g/mol. The lowest BCUT2D eigenvalue weighted by Gasteiger charge is -2.42. The van der Waals surface area contributed by atoms with Gasteiger partial charge in [-0.05, 0) is 25.2 Å². The van der Waals surface area contributed by atoms with Gasteiger partial charge in [-0.2, -0.15) is 0 Å². The SMILES string of the molecule is COC1CC(CC2CNC(N)NC2N)CC(OC)C1OC. The normalized spacial score (nSPS) is 44.7. The molecule has 0 aromatic heterocycles. The molecule has 7 nitrogen and oxygen atoms in total. The van der Waals surface area contributed by atoms with Crippen molar-refractivity contribution in [3.05, 3.63) is 0 Å². The van der Waals surface area contributed by atoms with Crippen molar-refractivity contribution in [1.29, 1.82) is 0 Å². The van der Waals surface area contributed by atoms with Crippen LogP contribution in [-0.4, -0.2) is 58.6 Å². The van der Waals surface area contributed by atoms with Crippen molar-refractivity contribution >= 4 is 0 Å². The molecule has 5 unspecified atom stereocenters. The molecule has 1 saturated carbocycles. The van der Waals surface area contributed by atoms with Crippen molar-refractivity contribution in [3.63, 3.8) is 0 Å². The Bertz CT molecular complexity index is 307. The van der Waals surface area contributed by atoms with Gasteiger partial charge in [0.25, 0.3) is 0 Å². The molecule has 5 atom stereocenters.